The van der Waals surface area contributed by atoms with Crippen LogP contribution in [0.2, 0.25) is 0 Å². The molecule has 0 saturated heterocycles. The van der Waals surface area contributed by atoms with E-state index in [0.717, 1.165) is 51.7 Å². The lowest BCUT2D eigenvalue weighted by Gasteiger charge is -2.35. The summed E-state index contributed by atoms with van der Waals surface area (Å²) >= 11 is 0. The van der Waals surface area contributed by atoms with Gasteiger partial charge >= 0.3 is 6.09 Å². The first kappa shape index (κ1) is 30.5. The zero-order chi connectivity index (χ0) is 33.0. The second-order valence-corrected chi connectivity index (χ2v) is 14.0. The van der Waals surface area contributed by atoms with Crippen LogP contribution in [-0.2, 0) is 27.3 Å². The average molecular weight is 629 g/mol. The largest absolute Gasteiger partial charge is 0.444 e. The van der Waals surface area contributed by atoms with Crippen LogP contribution in [-0.4, -0.2) is 38.7 Å². The maximum absolute atomic E-state index is 13.9. The fraction of sp³-hybridized carbons (Fsp3) is 0.308. The quantitative estimate of drug-likeness (QED) is 0.194. The van der Waals surface area contributed by atoms with Gasteiger partial charge < -0.3 is 19.2 Å². The molecule has 2 N–H and O–H groups in total. The first-order valence-electron chi connectivity index (χ1n) is 16.4. The van der Waals surface area contributed by atoms with Gasteiger partial charge in [-0.25, -0.2) is 4.79 Å². The second kappa shape index (κ2) is 11.6. The minimum Gasteiger partial charge on any atom is -0.444 e. The topological polar surface area (TPSA) is 94.4 Å². The van der Waals surface area contributed by atoms with Gasteiger partial charge in [-0.1, -0.05) is 68.4 Å². The van der Waals surface area contributed by atoms with Crippen molar-refractivity contribution >= 4 is 50.9 Å². The lowest BCUT2D eigenvalue weighted by Crippen LogP contribution is -2.47. The maximum Gasteiger partial charge on any atom is 0.407 e. The fourth-order valence-electron chi connectivity index (χ4n) is 7.46. The lowest BCUT2D eigenvalue weighted by molar-refractivity contribution is -0.122. The van der Waals surface area contributed by atoms with E-state index >= 15 is 0 Å². The fourth-order valence-corrected chi connectivity index (χ4v) is 7.46. The number of carbonyl (C=O) groups excluding carboxylic acids is 3. The molecule has 8 heteroatoms. The zero-order valence-corrected chi connectivity index (χ0v) is 27.5. The van der Waals surface area contributed by atoms with Gasteiger partial charge in [0, 0.05) is 57.6 Å². The molecular weight excluding hydrogens is 588 g/mol. The normalized spacial score (nSPS) is 17.4. The van der Waals surface area contributed by atoms with E-state index in [1.54, 1.807) is 0 Å². The minimum absolute atomic E-state index is 0.0993. The third-order valence-corrected chi connectivity index (χ3v) is 9.36. The number of benzene rings is 3. The number of nitrogens with zero attached hydrogens (tertiary/aromatic N) is 2. The smallest absolute Gasteiger partial charge is 0.407 e. The first-order valence-corrected chi connectivity index (χ1v) is 16.4. The maximum atomic E-state index is 13.9. The van der Waals surface area contributed by atoms with Gasteiger partial charge in [-0.2, -0.15) is 0 Å². The van der Waals surface area contributed by atoms with E-state index in [0.29, 0.717) is 23.1 Å². The van der Waals surface area contributed by atoms with E-state index < -0.39 is 23.5 Å². The van der Waals surface area contributed by atoms with Crippen molar-refractivity contribution in [2.45, 2.75) is 65.6 Å². The highest BCUT2D eigenvalue weighted by Crippen LogP contribution is 2.44. The Morgan fingerprint density at radius 1 is 0.872 bits per heavy atom. The molecule has 4 heterocycles. The highest BCUT2D eigenvalue weighted by Gasteiger charge is 2.40. The van der Waals surface area contributed by atoms with Crippen molar-refractivity contribution in [3.63, 3.8) is 0 Å². The molecule has 0 bridgehead atoms. The van der Waals surface area contributed by atoms with Crippen LogP contribution in [0.25, 0.3) is 38.6 Å². The van der Waals surface area contributed by atoms with Crippen molar-refractivity contribution in [1.82, 2.24) is 19.8 Å². The molecule has 0 radical (unpaired) electrons. The van der Waals surface area contributed by atoms with Crippen molar-refractivity contribution in [3.05, 3.63) is 102 Å². The van der Waals surface area contributed by atoms with Gasteiger partial charge in [0.1, 0.15) is 5.60 Å². The average Bonchev–Trinajstić information content (AvgIpc) is 3.67. The Labute approximate surface area is 274 Å². The Hall–Kier alpha value is -5.11. The Balaban J connectivity index is 1.40. The number of ether oxygens (including phenoxy) is 1. The number of amides is 3. The van der Waals surface area contributed by atoms with Gasteiger partial charge in [-0.05, 0) is 69.7 Å². The number of aryl methyl sites for hydroxylation is 1. The SMILES string of the molecule is CC(C)[C@H](NC(=O)OC(C)(C)C)[C@H]1CCn2c(c(C3=C(c4cn(-c5ccccc5)c5ccccc45)C(=O)NC3=O)c3ccccc32)C1. The molecular formula is C39H40N4O4. The number of rotatable bonds is 6. The Morgan fingerprint density at radius 3 is 2.21 bits per heavy atom. The molecule has 2 aromatic heterocycles. The molecule has 2 atom stereocenters. The standard InChI is InChI=1S/C39H40N4O4/c1-23(2)35(40-38(46)47-39(3,4)5)24-19-20-42-30-18-12-10-16-27(30)32(31(42)21-24)34-33(36(44)41-37(34)45)28-22-43(25-13-7-6-8-14-25)29-17-11-9-15-26(28)29/h6-18,22-24,35H,19-21H2,1-5H3,(H,40,46)(H,41,44,45)/t24-,35-/m0/s1. The van der Waals surface area contributed by atoms with Crippen molar-refractivity contribution in [3.8, 4) is 5.69 Å². The van der Waals surface area contributed by atoms with E-state index in [9.17, 15) is 14.4 Å². The zero-order valence-electron chi connectivity index (χ0n) is 27.5. The molecule has 0 fully saturated rings. The molecule has 3 amide bonds. The van der Waals surface area contributed by atoms with Crippen LogP contribution in [0.15, 0.2) is 85.1 Å². The van der Waals surface area contributed by atoms with Crippen LogP contribution in [0, 0.1) is 11.8 Å². The van der Waals surface area contributed by atoms with Crippen LogP contribution < -0.4 is 10.6 Å². The third-order valence-electron chi connectivity index (χ3n) is 9.36. The number of nitrogens with one attached hydrogen (secondary N) is 2. The third kappa shape index (κ3) is 5.41. The number of para-hydroxylation sites is 3. The summed E-state index contributed by atoms with van der Waals surface area (Å²) in [5.41, 5.74) is 5.63. The summed E-state index contributed by atoms with van der Waals surface area (Å²) in [6.07, 6.45) is 3.03. The molecule has 0 aliphatic carbocycles. The lowest BCUT2D eigenvalue weighted by atomic mass is 9.81. The van der Waals surface area contributed by atoms with Gasteiger partial charge in [-0.15, -0.1) is 0 Å². The number of imide groups is 1. The van der Waals surface area contributed by atoms with Gasteiger partial charge in [0.2, 0.25) is 0 Å². The van der Waals surface area contributed by atoms with Crippen molar-refractivity contribution in [1.29, 1.82) is 0 Å². The summed E-state index contributed by atoms with van der Waals surface area (Å²) in [7, 11) is 0. The monoisotopic (exact) mass is 628 g/mol. The Morgan fingerprint density at radius 2 is 1.51 bits per heavy atom. The van der Waals surface area contributed by atoms with Crippen LogP contribution in [0.3, 0.4) is 0 Å². The number of hydrogen-bond donors (Lipinski definition) is 2. The Bertz CT molecular complexity index is 2080. The van der Waals surface area contributed by atoms with Crippen LogP contribution in [0.4, 0.5) is 4.79 Å². The van der Waals surface area contributed by atoms with Crippen molar-refractivity contribution < 1.29 is 19.1 Å². The van der Waals surface area contributed by atoms with Gasteiger partial charge in [0.05, 0.1) is 16.7 Å². The summed E-state index contributed by atoms with van der Waals surface area (Å²) < 4.78 is 10.00. The first-order chi connectivity index (χ1) is 22.5. The molecule has 47 heavy (non-hydrogen) atoms. The number of alkyl carbamates (subject to hydrolysis) is 1. The summed E-state index contributed by atoms with van der Waals surface area (Å²) in [4.78, 5) is 40.7. The molecule has 8 nitrogen and oxygen atoms in total. The van der Waals surface area contributed by atoms with Gasteiger partial charge in [0.25, 0.3) is 11.8 Å². The van der Waals surface area contributed by atoms with Gasteiger partial charge in [0.15, 0.2) is 0 Å². The Kier molecular flexibility index (Phi) is 7.54. The van der Waals surface area contributed by atoms with Gasteiger partial charge in [-0.3, -0.25) is 14.9 Å². The molecule has 7 rings (SSSR count). The van der Waals surface area contributed by atoms with Crippen molar-refractivity contribution in [2.24, 2.45) is 11.8 Å². The molecule has 240 valence electrons. The molecule has 5 aromatic rings. The van der Waals surface area contributed by atoms with Crippen LogP contribution >= 0.6 is 0 Å². The van der Waals surface area contributed by atoms with Crippen LogP contribution in [0.1, 0.15) is 57.9 Å². The second-order valence-electron chi connectivity index (χ2n) is 14.0. The van der Waals surface area contributed by atoms with Crippen LogP contribution in [0.5, 0.6) is 0 Å². The van der Waals surface area contributed by atoms with E-state index in [-0.39, 0.29) is 17.9 Å². The minimum atomic E-state index is -0.605. The van der Waals surface area contributed by atoms with E-state index in [1.165, 1.54) is 0 Å². The number of hydrogen-bond acceptors (Lipinski definition) is 4. The number of fused-ring (bicyclic) bond motifs is 4. The molecule has 0 saturated carbocycles. The molecule has 2 aliphatic rings. The molecule has 3 aromatic carbocycles. The van der Waals surface area contributed by atoms with E-state index in [2.05, 4.69) is 39.7 Å². The summed E-state index contributed by atoms with van der Waals surface area (Å²) in [6, 6.07) is 25.9. The molecule has 0 unspecified atom stereocenters. The summed E-state index contributed by atoms with van der Waals surface area (Å²) in [6.45, 7) is 10.5. The molecule has 0 spiro atoms. The number of aromatic nitrogens is 2. The highest BCUT2D eigenvalue weighted by molar-refractivity contribution is 6.51. The predicted octanol–water partition coefficient (Wildman–Crippen LogP) is 7.26. The summed E-state index contributed by atoms with van der Waals surface area (Å²) in [5.74, 6) is -0.538. The van der Waals surface area contributed by atoms with E-state index in [1.807, 2.05) is 99.8 Å². The summed E-state index contributed by atoms with van der Waals surface area (Å²) in [5, 5.41) is 7.64. The number of carbonyl (C=O) groups is 3. The molecule has 2 aliphatic heterocycles. The highest BCUT2D eigenvalue weighted by atomic mass is 16.6. The van der Waals surface area contributed by atoms with E-state index in [4.69, 9.17) is 4.74 Å². The predicted molar refractivity (Wildman–Crippen MR) is 185 cm³/mol. The van der Waals surface area contributed by atoms with Crippen molar-refractivity contribution in [2.75, 3.05) is 0 Å².